The van der Waals surface area contributed by atoms with Gasteiger partial charge in [-0.3, -0.25) is 4.79 Å². The van der Waals surface area contributed by atoms with E-state index in [0.29, 0.717) is 18.0 Å². The van der Waals surface area contributed by atoms with Crippen molar-refractivity contribution in [3.63, 3.8) is 0 Å². The van der Waals surface area contributed by atoms with Crippen molar-refractivity contribution in [2.45, 2.75) is 0 Å². The van der Waals surface area contributed by atoms with Crippen LogP contribution < -0.4 is 9.80 Å². The molecule has 2 aromatic rings. The Balaban J connectivity index is 1.50. The smallest absolute Gasteiger partial charge is 0.232 e. The third kappa shape index (κ3) is 2.33. The average Bonchev–Trinajstić information content (AvgIpc) is 3.16. The van der Waals surface area contributed by atoms with Crippen LogP contribution in [0.3, 0.4) is 0 Å². The van der Waals surface area contributed by atoms with Gasteiger partial charge in [0, 0.05) is 37.4 Å². The molecule has 2 aliphatic heterocycles. The molecule has 2 atom stereocenters. The first-order chi connectivity index (χ1) is 11.3. The van der Waals surface area contributed by atoms with Gasteiger partial charge >= 0.3 is 0 Å². The number of carbonyl (C=O) groups excluding carboxylic acids is 1. The predicted molar refractivity (Wildman–Crippen MR) is 86.9 cm³/mol. The van der Waals surface area contributed by atoms with Gasteiger partial charge in [0.15, 0.2) is 0 Å². The molecule has 0 bridgehead atoms. The van der Waals surface area contributed by atoms with Crippen LogP contribution in [0.2, 0.25) is 0 Å². The zero-order valence-electron chi connectivity index (χ0n) is 12.6. The summed E-state index contributed by atoms with van der Waals surface area (Å²) in [5.74, 6) is 1.42. The molecule has 3 heterocycles. The zero-order chi connectivity index (χ0) is 15.8. The van der Waals surface area contributed by atoms with Crippen molar-refractivity contribution in [2.75, 3.05) is 29.4 Å². The van der Waals surface area contributed by atoms with Gasteiger partial charge in [0.1, 0.15) is 11.9 Å². The van der Waals surface area contributed by atoms with Gasteiger partial charge in [0.2, 0.25) is 5.91 Å². The minimum absolute atomic E-state index is 0.0349. The minimum atomic E-state index is 0.0349. The Bertz CT molecular complexity index is 766. The van der Waals surface area contributed by atoms with Gasteiger partial charge in [-0.25, -0.2) is 4.98 Å². The highest BCUT2D eigenvalue weighted by Crippen LogP contribution is 2.36. The van der Waals surface area contributed by atoms with E-state index in [4.69, 9.17) is 5.26 Å². The molecule has 1 aromatic carbocycles. The topological polar surface area (TPSA) is 60.2 Å². The lowest BCUT2D eigenvalue weighted by Gasteiger charge is -2.22. The van der Waals surface area contributed by atoms with Crippen molar-refractivity contribution in [3.05, 3.63) is 54.2 Å². The van der Waals surface area contributed by atoms with Gasteiger partial charge in [0.05, 0.1) is 11.5 Å². The van der Waals surface area contributed by atoms with E-state index in [0.717, 1.165) is 24.6 Å². The number of amides is 1. The van der Waals surface area contributed by atoms with Crippen molar-refractivity contribution < 1.29 is 4.79 Å². The fourth-order valence-corrected chi connectivity index (χ4v) is 3.53. The Morgan fingerprint density at radius 2 is 1.91 bits per heavy atom. The fraction of sp³-hybridized carbons (Fsp3) is 0.278. The van der Waals surface area contributed by atoms with Gasteiger partial charge in [-0.05, 0) is 24.3 Å². The second kappa shape index (κ2) is 5.40. The maximum absolute atomic E-state index is 12.7. The lowest BCUT2D eigenvalue weighted by molar-refractivity contribution is -0.120. The van der Waals surface area contributed by atoms with Gasteiger partial charge < -0.3 is 9.80 Å². The van der Waals surface area contributed by atoms with E-state index >= 15 is 0 Å². The first-order valence-electron chi connectivity index (χ1n) is 7.74. The van der Waals surface area contributed by atoms with E-state index in [-0.39, 0.29) is 11.8 Å². The molecule has 5 nitrogen and oxygen atoms in total. The standard InChI is InChI=1S/C18H16N4O/c19-8-13-6-7-17(20-9-13)21-10-14-11-22(18(23)16(14)12-21)15-4-2-1-3-5-15/h1-7,9,14,16H,10-12H2/t14-,16-/m1/s1. The summed E-state index contributed by atoms with van der Waals surface area (Å²) in [7, 11) is 0. The summed E-state index contributed by atoms with van der Waals surface area (Å²) in [4.78, 5) is 21.1. The summed E-state index contributed by atoms with van der Waals surface area (Å²) in [5.41, 5.74) is 1.54. The summed E-state index contributed by atoms with van der Waals surface area (Å²) in [5, 5.41) is 8.84. The van der Waals surface area contributed by atoms with Crippen LogP contribution in [0.15, 0.2) is 48.7 Å². The van der Waals surface area contributed by atoms with Gasteiger partial charge in [-0.1, -0.05) is 18.2 Å². The number of hydrogen-bond donors (Lipinski definition) is 0. The Morgan fingerprint density at radius 1 is 1.09 bits per heavy atom. The molecule has 114 valence electrons. The summed E-state index contributed by atoms with van der Waals surface area (Å²) < 4.78 is 0. The van der Waals surface area contributed by atoms with E-state index in [1.807, 2.05) is 41.3 Å². The van der Waals surface area contributed by atoms with Gasteiger partial charge in [0.25, 0.3) is 0 Å². The highest BCUT2D eigenvalue weighted by atomic mass is 16.2. The number of pyridine rings is 1. The van der Waals surface area contributed by atoms with E-state index in [9.17, 15) is 4.79 Å². The third-order valence-corrected chi connectivity index (χ3v) is 4.71. The number of rotatable bonds is 2. The van der Waals surface area contributed by atoms with E-state index in [2.05, 4.69) is 16.0 Å². The monoisotopic (exact) mass is 304 g/mol. The normalized spacial score (nSPS) is 23.0. The third-order valence-electron chi connectivity index (χ3n) is 4.71. The minimum Gasteiger partial charge on any atom is -0.355 e. The number of nitriles is 1. The van der Waals surface area contributed by atoms with Gasteiger partial charge in [-0.15, -0.1) is 0 Å². The predicted octanol–water partition coefficient (Wildman–Crippen LogP) is 2.05. The Labute approximate surface area is 134 Å². The summed E-state index contributed by atoms with van der Waals surface area (Å²) in [6.07, 6.45) is 1.58. The molecular weight excluding hydrogens is 288 g/mol. The van der Waals surface area contributed by atoms with Crippen LogP contribution in [0.5, 0.6) is 0 Å². The number of para-hydroxylation sites is 1. The molecule has 4 rings (SSSR count). The van der Waals surface area contributed by atoms with Crippen LogP contribution in [-0.2, 0) is 4.79 Å². The first-order valence-corrected chi connectivity index (χ1v) is 7.74. The highest BCUT2D eigenvalue weighted by molar-refractivity contribution is 5.98. The average molecular weight is 304 g/mol. The second-order valence-electron chi connectivity index (χ2n) is 6.07. The zero-order valence-corrected chi connectivity index (χ0v) is 12.6. The van der Waals surface area contributed by atoms with Crippen LogP contribution >= 0.6 is 0 Å². The molecule has 0 spiro atoms. The molecule has 2 aliphatic rings. The molecule has 23 heavy (non-hydrogen) atoms. The molecular formula is C18H16N4O. The molecule has 1 aromatic heterocycles. The summed E-state index contributed by atoms with van der Waals surface area (Å²) in [6, 6.07) is 15.6. The molecule has 0 N–H and O–H groups in total. The van der Waals surface area contributed by atoms with Crippen LogP contribution in [0, 0.1) is 23.2 Å². The fourth-order valence-electron chi connectivity index (χ4n) is 3.53. The van der Waals surface area contributed by atoms with Crippen molar-refractivity contribution in [1.29, 1.82) is 5.26 Å². The Morgan fingerprint density at radius 3 is 2.57 bits per heavy atom. The first kappa shape index (κ1) is 13.8. The van der Waals surface area contributed by atoms with Gasteiger partial charge in [-0.2, -0.15) is 5.26 Å². The SMILES string of the molecule is N#Cc1ccc(N2C[C@@H]3CN(c4ccccc4)C(=O)[C@@H]3C2)nc1. The molecule has 2 fully saturated rings. The number of fused-ring (bicyclic) bond motifs is 1. The van der Waals surface area contributed by atoms with Crippen LogP contribution in [0.4, 0.5) is 11.5 Å². The van der Waals surface area contributed by atoms with Crippen LogP contribution in [0.25, 0.3) is 0 Å². The van der Waals surface area contributed by atoms with Crippen molar-refractivity contribution >= 4 is 17.4 Å². The Kier molecular flexibility index (Phi) is 3.23. The number of anilines is 2. The quantitative estimate of drug-likeness (QED) is 0.852. The van der Waals surface area contributed by atoms with Crippen LogP contribution in [0.1, 0.15) is 5.56 Å². The summed E-state index contributed by atoms with van der Waals surface area (Å²) in [6.45, 7) is 2.30. The van der Waals surface area contributed by atoms with E-state index < -0.39 is 0 Å². The van der Waals surface area contributed by atoms with Crippen LogP contribution in [-0.4, -0.2) is 30.5 Å². The number of hydrogen-bond acceptors (Lipinski definition) is 4. The summed E-state index contributed by atoms with van der Waals surface area (Å²) >= 11 is 0. The van der Waals surface area contributed by atoms with Crippen molar-refractivity contribution in [1.82, 2.24) is 4.98 Å². The van der Waals surface area contributed by atoms with Crippen molar-refractivity contribution in [2.24, 2.45) is 11.8 Å². The van der Waals surface area contributed by atoms with Crippen molar-refractivity contribution in [3.8, 4) is 6.07 Å². The highest BCUT2D eigenvalue weighted by Gasteiger charge is 2.46. The number of aromatic nitrogens is 1. The Hall–Kier alpha value is -2.87. The number of carbonyl (C=O) groups is 1. The molecule has 0 aliphatic carbocycles. The number of benzene rings is 1. The lowest BCUT2D eigenvalue weighted by Crippen LogP contribution is -2.33. The second-order valence-corrected chi connectivity index (χ2v) is 6.07. The maximum Gasteiger partial charge on any atom is 0.232 e. The molecule has 0 radical (unpaired) electrons. The molecule has 1 amide bonds. The molecule has 0 unspecified atom stereocenters. The maximum atomic E-state index is 12.7. The largest absolute Gasteiger partial charge is 0.355 e. The van der Waals surface area contributed by atoms with E-state index in [1.54, 1.807) is 12.3 Å². The van der Waals surface area contributed by atoms with E-state index in [1.165, 1.54) is 0 Å². The molecule has 0 saturated carbocycles. The molecule has 2 saturated heterocycles. The lowest BCUT2D eigenvalue weighted by atomic mass is 10.0. The number of nitrogens with zero attached hydrogens (tertiary/aromatic N) is 4. The molecule has 5 heteroatoms.